The Morgan fingerprint density at radius 2 is 1.50 bits per heavy atom. The third kappa shape index (κ3) is 1.81. The molecule has 1 heterocycles. The molecule has 4 saturated carbocycles. The Morgan fingerprint density at radius 1 is 0.900 bits per heavy atom. The molecule has 0 spiro atoms. The molecule has 8 rings (SSSR count). The van der Waals surface area contributed by atoms with Crippen LogP contribution in [0.3, 0.4) is 0 Å². The maximum atomic E-state index is 13.3. The predicted molar refractivity (Wildman–Crippen MR) is 110 cm³/mol. The highest BCUT2D eigenvalue weighted by Crippen LogP contribution is 2.65. The summed E-state index contributed by atoms with van der Waals surface area (Å²) in [5, 5.41) is 23.4. The number of benzene rings is 2. The summed E-state index contributed by atoms with van der Waals surface area (Å²) in [7, 11) is 0. The van der Waals surface area contributed by atoms with Crippen molar-refractivity contribution in [2.75, 3.05) is 0 Å². The van der Waals surface area contributed by atoms with Gasteiger partial charge >= 0.3 is 0 Å². The summed E-state index contributed by atoms with van der Waals surface area (Å²) >= 11 is 0. The van der Waals surface area contributed by atoms with E-state index in [1.54, 1.807) is 24.3 Å². The summed E-state index contributed by atoms with van der Waals surface area (Å²) in [4.78, 5) is 13.3. The molecular weight excluding hydrogens is 376 g/mol. The van der Waals surface area contributed by atoms with E-state index >= 15 is 0 Å². The molecule has 30 heavy (non-hydrogen) atoms. The minimum Gasteiger partial charge on any atom is -0.453 e. The molecule has 2 unspecified atom stereocenters. The first-order valence-corrected chi connectivity index (χ1v) is 11.3. The summed E-state index contributed by atoms with van der Waals surface area (Å²) < 4.78 is 6.28. The number of ether oxygens (including phenoxy) is 1. The van der Waals surface area contributed by atoms with Crippen molar-refractivity contribution in [3.63, 3.8) is 0 Å². The van der Waals surface area contributed by atoms with Gasteiger partial charge in [0.25, 0.3) is 5.79 Å². The van der Waals surface area contributed by atoms with Gasteiger partial charge in [0.05, 0.1) is 0 Å². The van der Waals surface area contributed by atoms with Crippen LogP contribution >= 0.6 is 0 Å². The molecule has 0 radical (unpaired) electrons. The number of carbonyl (C=O) groups excluding carboxylic acids is 1. The van der Waals surface area contributed by atoms with Crippen LogP contribution in [0.15, 0.2) is 36.4 Å². The van der Waals surface area contributed by atoms with Crippen LogP contribution in [-0.4, -0.2) is 16.0 Å². The van der Waals surface area contributed by atoms with Crippen molar-refractivity contribution in [1.29, 1.82) is 0 Å². The van der Waals surface area contributed by atoms with Crippen LogP contribution in [0.4, 0.5) is 0 Å². The van der Waals surface area contributed by atoms with Crippen molar-refractivity contribution in [3.05, 3.63) is 64.2 Å². The first-order valence-electron chi connectivity index (χ1n) is 11.3. The average molecular weight is 402 g/mol. The van der Waals surface area contributed by atoms with E-state index in [2.05, 4.69) is 6.07 Å². The molecule has 0 amide bonds. The van der Waals surface area contributed by atoms with Crippen molar-refractivity contribution in [3.8, 4) is 5.75 Å². The Balaban J connectivity index is 1.46. The highest BCUT2D eigenvalue weighted by atomic mass is 16.7. The second kappa shape index (κ2) is 5.17. The van der Waals surface area contributed by atoms with Crippen LogP contribution in [0.2, 0.25) is 0 Å². The Morgan fingerprint density at radius 3 is 2.17 bits per heavy atom. The van der Waals surface area contributed by atoms with Crippen molar-refractivity contribution < 1.29 is 19.7 Å². The molecule has 0 saturated heterocycles. The van der Waals surface area contributed by atoms with Crippen LogP contribution in [0, 0.1) is 24.7 Å². The largest absolute Gasteiger partial charge is 0.453 e. The standard InChI is InChI=1S/C26H26O4/c1-14-6-20(24-11-15-8-16(12-24)10-17(9-15)13-24)22-21(7-14)25(28)23(27)18-4-2-3-5-19(18)26(25,29)30-22/h2-7,15-17,28-29H,8-13H2,1H3. The lowest BCUT2D eigenvalue weighted by molar-refractivity contribution is -0.225. The maximum Gasteiger partial charge on any atom is 0.276 e. The molecule has 4 nitrogen and oxygen atoms in total. The van der Waals surface area contributed by atoms with Gasteiger partial charge < -0.3 is 14.9 Å². The van der Waals surface area contributed by atoms with Crippen molar-refractivity contribution in [1.82, 2.24) is 0 Å². The Kier molecular flexibility index (Phi) is 3.02. The summed E-state index contributed by atoms with van der Waals surface area (Å²) in [6.07, 6.45) is 7.48. The number of fused-ring (bicyclic) bond motifs is 5. The Bertz CT molecular complexity index is 1100. The fraction of sp³-hybridized carbons (Fsp3) is 0.500. The lowest BCUT2D eigenvalue weighted by atomic mass is 9.48. The van der Waals surface area contributed by atoms with Crippen LogP contribution in [-0.2, 0) is 16.8 Å². The number of rotatable bonds is 1. The van der Waals surface area contributed by atoms with Gasteiger partial charge in [-0.1, -0.05) is 35.9 Å². The van der Waals surface area contributed by atoms with Crippen LogP contribution in [0.5, 0.6) is 5.75 Å². The van der Waals surface area contributed by atoms with Crippen LogP contribution < -0.4 is 4.74 Å². The molecule has 5 aliphatic carbocycles. The second-order valence-corrected chi connectivity index (χ2v) is 10.7. The van der Waals surface area contributed by atoms with E-state index in [4.69, 9.17) is 4.74 Å². The van der Waals surface area contributed by atoms with Gasteiger partial charge in [0, 0.05) is 22.3 Å². The minimum absolute atomic E-state index is 0.0405. The van der Waals surface area contributed by atoms with E-state index in [-0.39, 0.29) is 5.41 Å². The molecule has 2 aromatic rings. The number of aryl methyl sites for hydroxylation is 1. The lowest BCUT2D eigenvalue weighted by Crippen LogP contribution is -2.49. The van der Waals surface area contributed by atoms with Gasteiger partial charge in [-0.05, 0) is 74.7 Å². The fourth-order valence-corrected chi connectivity index (χ4v) is 8.09. The smallest absolute Gasteiger partial charge is 0.276 e. The molecule has 2 aromatic carbocycles. The number of carbonyl (C=O) groups is 1. The molecule has 4 heteroatoms. The Labute approximate surface area is 175 Å². The van der Waals surface area contributed by atoms with E-state index in [0.29, 0.717) is 22.4 Å². The van der Waals surface area contributed by atoms with Gasteiger partial charge in [0.1, 0.15) is 5.75 Å². The molecule has 4 bridgehead atoms. The zero-order valence-electron chi connectivity index (χ0n) is 17.1. The van der Waals surface area contributed by atoms with Crippen LogP contribution in [0.25, 0.3) is 0 Å². The number of aliphatic hydroxyl groups is 2. The van der Waals surface area contributed by atoms with Crippen molar-refractivity contribution in [2.24, 2.45) is 17.8 Å². The first-order chi connectivity index (χ1) is 14.3. The summed E-state index contributed by atoms with van der Waals surface area (Å²) in [6, 6.07) is 10.9. The van der Waals surface area contributed by atoms with Gasteiger partial charge in [-0.15, -0.1) is 0 Å². The SMILES string of the molecule is Cc1cc(C23CC4CC(CC(C4)C2)C3)c2c(c1)C1(O)C(=O)c3ccccc3C1(O)O2. The van der Waals surface area contributed by atoms with Gasteiger partial charge in [0.2, 0.25) is 11.4 Å². The van der Waals surface area contributed by atoms with E-state index in [0.717, 1.165) is 48.1 Å². The molecule has 0 aromatic heterocycles. The van der Waals surface area contributed by atoms with Gasteiger partial charge in [-0.25, -0.2) is 0 Å². The molecule has 2 N–H and O–H groups in total. The molecule has 1 aliphatic heterocycles. The number of Topliss-reactive ketones (excluding diaryl/α,β-unsaturated/α-hetero) is 1. The minimum atomic E-state index is -2.09. The third-order valence-electron chi connectivity index (χ3n) is 8.84. The zero-order valence-corrected chi connectivity index (χ0v) is 17.1. The number of hydrogen-bond acceptors (Lipinski definition) is 4. The number of hydrogen-bond donors (Lipinski definition) is 2. The topological polar surface area (TPSA) is 66.8 Å². The van der Waals surface area contributed by atoms with Crippen molar-refractivity contribution in [2.45, 2.75) is 62.3 Å². The quantitative estimate of drug-likeness (QED) is 0.754. The highest BCUT2D eigenvalue weighted by Gasteiger charge is 2.71. The monoisotopic (exact) mass is 402 g/mol. The number of ketones is 1. The van der Waals surface area contributed by atoms with E-state index in [9.17, 15) is 15.0 Å². The third-order valence-corrected chi connectivity index (χ3v) is 8.84. The van der Waals surface area contributed by atoms with Gasteiger partial charge in [-0.2, -0.15) is 0 Å². The van der Waals surface area contributed by atoms with E-state index < -0.39 is 17.2 Å². The summed E-state index contributed by atoms with van der Waals surface area (Å²) in [5.74, 6) is 0.316. The summed E-state index contributed by atoms with van der Waals surface area (Å²) in [6.45, 7) is 2.01. The molecule has 154 valence electrons. The van der Waals surface area contributed by atoms with Gasteiger partial charge in [-0.3, -0.25) is 4.79 Å². The first kappa shape index (κ1) is 17.5. The normalized spacial score (nSPS) is 42.1. The molecule has 6 aliphatic rings. The molecular formula is C26H26O4. The second-order valence-electron chi connectivity index (χ2n) is 10.7. The molecule has 4 fully saturated rings. The fourth-order valence-electron chi connectivity index (χ4n) is 8.09. The lowest BCUT2D eigenvalue weighted by Gasteiger charge is -2.57. The van der Waals surface area contributed by atoms with E-state index in [1.807, 2.05) is 13.0 Å². The average Bonchev–Trinajstić information content (AvgIpc) is 3.03. The maximum absolute atomic E-state index is 13.3. The Hall–Kier alpha value is -2.17. The van der Waals surface area contributed by atoms with Crippen molar-refractivity contribution >= 4 is 5.78 Å². The van der Waals surface area contributed by atoms with Gasteiger partial charge in [0.15, 0.2) is 0 Å². The highest BCUT2D eigenvalue weighted by molar-refractivity contribution is 6.09. The molecule has 2 atom stereocenters. The zero-order chi connectivity index (χ0) is 20.5. The van der Waals surface area contributed by atoms with Crippen LogP contribution in [0.1, 0.15) is 71.1 Å². The summed E-state index contributed by atoms with van der Waals surface area (Å²) in [5.41, 5.74) is 1.21. The predicted octanol–water partition coefficient (Wildman–Crippen LogP) is 4.08. The van der Waals surface area contributed by atoms with E-state index in [1.165, 1.54) is 19.3 Å².